The largest absolute Gasteiger partial charge is 0.394 e. The molecule has 1 aliphatic rings. The van der Waals surface area contributed by atoms with Crippen molar-refractivity contribution in [2.45, 2.75) is 429 Å². The van der Waals surface area contributed by atoms with Crippen LogP contribution in [0.4, 0.5) is 0 Å². The summed E-state index contributed by atoms with van der Waals surface area (Å²) in [6.07, 6.45) is 80.9. The van der Waals surface area contributed by atoms with Gasteiger partial charge in [0.15, 0.2) is 6.29 Å². The van der Waals surface area contributed by atoms with E-state index < -0.39 is 49.5 Å². The number of nitrogens with one attached hydrogen (secondary N) is 1. The molecule has 1 saturated heterocycles. The molecule has 9 heteroatoms. The van der Waals surface area contributed by atoms with Gasteiger partial charge in [-0.25, -0.2) is 0 Å². The lowest BCUT2D eigenvalue weighted by Gasteiger charge is -2.40. The van der Waals surface area contributed by atoms with Crippen molar-refractivity contribution in [3.8, 4) is 0 Å². The maximum atomic E-state index is 13.2. The molecule has 85 heavy (non-hydrogen) atoms. The highest BCUT2D eigenvalue weighted by Crippen LogP contribution is 2.24. The highest BCUT2D eigenvalue weighted by molar-refractivity contribution is 5.76. The van der Waals surface area contributed by atoms with Crippen LogP contribution >= 0.6 is 0 Å². The third kappa shape index (κ3) is 53.9. The first kappa shape index (κ1) is 81.4. The van der Waals surface area contributed by atoms with E-state index in [9.17, 15) is 30.3 Å². The van der Waals surface area contributed by atoms with Crippen LogP contribution in [0.3, 0.4) is 0 Å². The molecule has 0 spiro atoms. The van der Waals surface area contributed by atoms with Gasteiger partial charge in [-0.3, -0.25) is 4.79 Å². The van der Waals surface area contributed by atoms with Crippen LogP contribution in [0.1, 0.15) is 386 Å². The molecule has 6 N–H and O–H groups in total. The third-order valence-electron chi connectivity index (χ3n) is 18.2. The van der Waals surface area contributed by atoms with Gasteiger partial charge in [-0.1, -0.05) is 365 Å². The van der Waals surface area contributed by atoms with Gasteiger partial charge in [-0.05, 0) is 51.4 Å². The Labute approximate surface area is 527 Å². The first-order chi connectivity index (χ1) is 41.8. The van der Waals surface area contributed by atoms with Crippen LogP contribution < -0.4 is 5.32 Å². The monoisotopic (exact) mass is 1200 g/mol. The second-order valence-corrected chi connectivity index (χ2v) is 26.5. The van der Waals surface area contributed by atoms with Crippen LogP contribution in [0.25, 0.3) is 0 Å². The van der Waals surface area contributed by atoms with E-state index in [4.69, 9.17) is 9.47 Å². The molecular formula is C76H145NO8. The Bertz CT molecular complexity index is 1440. The molecule has 7 unspecified atom stereocenters. The summed E-state index contributed by atoms with van der Waals surface area (Å²) in [6.45, 7) is 3.89. The number of allylic oxidation sites excluding steroid dienone is 6. The summed E-state index contributed by atoms with van der Waals surface area (Å²) < 4.78 is 11.4. The van der Waals surface area contributed by atoms with Gasteiger partial charge < -0.3 is 40.3 Å². The van der Waals surface area contributed by atoms with Crippen LogP contribution in [-0.2, 0) is 14.3 Å². The standard InChI is InChI=1S/C76H145NO8/c1-3-5-7-9-11-13-15-17-19-21-23-25-27-29-30-31-32-33-34-35-36-37-38-39-40-42-44-46-48-50-52-54-56-58-60-62-64-66-72(80)77-69(68-84-76-75(83)74(82)73(81)71(67-78)85-76)70(79)65-63-61-59-57-55-53-51-49-47-45-43-41-28-26-24-22-20-18-16-14-12-10-8-6-4-2/h15,17,21,23,27,29,69-71,73-76,78-79,81-83H,3-14,16,18-20,22,24-26,28,30-68H2,1-2H3,(H,77,80)/b17-15-,23-21-,29-27-. The maximum Gasteiger partial charge on any atom is 0.220 e. The molecule has 1 aliphatic heterocycles. The lowest BCUT2D eigenvalue weighted by Crippen LogP contribution is -2.60. The Balaban J connectivity index is 2.06. The number of rotatable bonds is 67. The van der Waals surface area contributed by atoms with Crippen molar-refractivity contribution >= 4 is 5.91 Å². The van der Waals surface area contributed by atoms with Crippen molar-refractivity contribution in [2.75, 3.05) is 13.2 Å². The first-order valence-electron chi connectivity index (χ1n) is 37.7. The number of carbonyl (C=O) groups excluding carboxylic acids is 1. The maximum absolute atomic E-state index is 13.2. The van der Waals surface area contributed by atoms with Crippen LogP contribution in [0, 0.1) is 0 Å². The fourth-order valence-corrected chi connectivity index (χ4v) is 12.4. The van der Waals surface area contributed by atoms with E-state index in [1.807, 2.05) is 0 Å². The lowest BCUT2D eigenvalue weighted by atomic mass is 9.99. The fourth-order valence-electron chi connectivity index (χ4n) is 12.4. The average Bonchev–Trinajstić information content (AvgIpc) is 3.57. The minimum Gasteiger partial charge on any atom is -0.394 e. The molecule has 9 nitrogen and oxygen atoms in total. The second-order valence-electron chi connectivity index (χ2n) is 26.5. The van der Waals surface area contributed by atoms with Gasteiger partial charge >= 0.3 is 0 Å². The van der Waals surface area contributed by atoms with Crippen LogP contribution in [0.2, 0.25) is 0 Å². The molecule has 0 saturated carbocycles. The molecule has 0 aromatic carbocycles. The topological polar surface area (TPSA) is 149 Å². The number of ether oxygens (including phenoxy) is 2. The summed E-state index contributed by atoms with van der Waals surface area (Å²) in [5.41, 5.74) is 0. The quantitative estimate of drug-likeness (QED) is 0.0261. The Hall–Kier alpha value is -1.59. The normalized spacial score (nSPS) is 18.2. The van der Waals surface area contributed by atoms with E-state index in [0.717, 1.165) is 51.4 Å². The highest BCUT2D eigenvalue weighted by atomic mass is 16.7. The van der Waals surface area contributed by atoms with Crippen LogP contribution in [0.15, 0.2) is 36.5 Å². The number of amides is 1. The Morgan fingerprint density at radius 2 is 0.694 bits per heavy atom. The number of hydrogen-bond donors (Lipinski definition) is 6. The van der Waals surface area contributed by atoms with E-state index in [1.165, 1.54) is 308 Å². The first-order valence-corrected chi connectivity index (χ1v) is 37.7. The van der Waals surface area contributed by atoms with Crippen molar-refractivity contribution in [1.82, 2.24) is 5.32 Å². The molecule has 1 rings (SSSR count). The summed E-state index contributed by atoms with van der Waals surface area (Å²) in [5, 5.41) is 55.0. The van der Waals surface area contributed by atoms with Gasteiger partial charge in [0.05, 0.1) is 25.4 Å². The number of aliphatic hydroxyl groups excluding tert-OH is 5. The molecule has 1 heterocycles. The van der Waals surface area contributed by atoms with Gasteiger partial charge in [-0.15, -0.1) is 0 Å². The van der Waals surface area contributed by atoms with Crippen molar-refractivity contribution < 1.29 is 39.8 Å². The minimum absolute atomic E-state index is 0.133. The lowest BCUT2D eigenvalue weighted by molar-refractivity contribution is -0.302. The van der Waals surface area contributed by atoms with E-state index in [0.29, 0.717) is 12.8 Å². The van der Waals surface area contributed by atoms with E-state index in [-0.39, 0.29) is 12.5 Å². The molecule has 0 bridgehead atoms. The molecule has 0 aromatic heterocycles. The Morgan fingerprint density at radius 3 is 1.02 bits per heavy atom. The molecule has 7 atom stereocenters. The average molecular weight is 1200 g/mol. The Kier molecular flexibility index (Phi) is 62.6. The zero-order valence-corrected chi connectivity index (χ0v) is 56.4. The molecular weight excluding hydrogens is 1050 g/mol. The van der Waals surface area contributed by atoms with Crippen molar-refractivity contribution in [3.05, 3.63) is 36.5 Å². The molecule has 0 aliphatic carbocycles. The Morgan fingerprint density at radius 1 is 0.400 bits per heavy atom. The van der Waals surface area contributed by atoms with Gasteiger partial charge in [0.2, 0.25) is 5.91 Å². The number of carbonyl (C=O) groups is 1. The fraction of sp³-hybridized carbons (Fsp3) is 0.908. The molecule has 1 amide bonds. The summed E-state index contributed by atoms with van der Waals surface area (Å²) in [7, 11) is 0. The molecule has 0 aromatic rings. The zero-order valence-electron chi connectivity index (χ0n) is 56.4. The smallest absolute Gasteiger partial charge is 0.220 e. The summed E-state index contributed by atoms with van der Waals surface area (Å²) in [4.78, 5) is 13.2. The number of aliphatic hydroxyl groups is 5. The SMILES string of the molecule is CCCCCCC/C=C\C/C=C\C/C=C\CCCCCCCCCCCCCCCCCCCCCCCCC(=O)NC(COC1OC(CO)C(O)C(O)C1O)C(O)CCCCCCCCCCCCCCCCCCCCCCCCCCC. The summed E-state index contributed by atoms with van der Waals surface area (Å²) in [6, 6.07) is -0.719. The summed E-state index contributed by atoms with van der Waals surface area (Å²) in [5.74, 6) is -0.135. The third-order valence-corrected chi connectivity index (χ3v) is 18.2. The minimum atomic E-state index is -1.55. The molecule has 0 radical (unpaired) electrons. The van der Waals surface area contributed by atoms with E-state index in [1.54, 1.807) is 0 Å². The van der Waals surface area contributed by atoms with E-state index >= 15 is 0 Å². The van der Waals surface area contributed by atoms with Crippen molar-refractivity contribution in [1.29, 1.82) is 0 Å². The van der Waals surface area contributed by atoms with Gasteiger partial charge in [0.25, 0.3) is 0 Å². The van der Waals surface area contributed by atoms with Crippen molar-refractivity contribution in [3.63, 3.8) is 0 Å². The van der Waals surface area contributed by atoms with Gasteiger partial charge in [-0.2, -0.15) is 0 Å². The second kappa shape index (κ2) is 65.4. The van der Waals surface area contributed by atoms with Gasteiger partial charge in [0, 0.05) is 6.42 Å². The van der Waals surface area contributed by atoms with Gasteiger partial charge in [0.1, 0.15) is 24.4 Å². The van der Waals surface area contributed by atoms with Crippen molar-refractivity contribution in [2.24, 2.45) is 0 Å². The zero-order chi connectivity index (χ0) is 61.4. The molecule has 502 valence electrons. The van der Waals surface area contributed by atoms with E-state index in [2.05, 4.69) is 55.6 Å². The summed E-state index contributed by atoms with van der Waals surface area (Å²) >= 11 is 0. The van der Waals surface area contributed by atoms with Crippen LogP contribution in [-0.4, -0.2) is 87.5 Å². The molecule has 1 fully saturated rings. The predicted molar refractivity (Wildman–Crippen MR) is 364 cm³/mol. The predicted octanol–water partition coefficient (Wildman–Crippen LogP) is 21.0. The number of unbranched alkanes of at least 4 members (excludes halogenated alkanes) is 51. The number of hydrogen-bond acceptors (Lipinski definition) is 8. The van der Waals surface area contributed by atoms with Crippen LogP contribution in [0.5, 0.6) is 0 Å². The highest BCUT2D eigenvalue weighted by Gasteiger charge is 2.44.